The Morgan fingerprint density at radius 3 is 2.32 bits per heavy atom. The number of aromatic nitrogens is 1. The zero-order valence-corrected chi connectivity index (χ0v) is 13.5. The topological polar surface area (TPSA) is 31.4 Å². The summed E-state index contributed by atoms with van der Waals surface area (Å²) in [6.45, 7) is 3.98. The van der Waals surface area contributed by atoms with E-state index >= 15 is 0 Å². The van der Waals surface area contributed by atoms with Crippen LogP contribution >= 0.6 is 0 Å². The molecule has 3 nitrogen and oxygen atoms in total. The lowest BCUT2D eigenvalue weighted by molar-refractivity contribution is 0.400. The monoisotopic (exact) mass is 295 g/mol. The van der Waals surface area contributed by atoms with Gasteiger partial charge in [-0.05, 0) is 49.2 Å². The van der Waals surface area contributed by atoms with Crippen molar-refractivity contribution in [3.63, 3.8) is 0 Å². The Kier molecular flexibility index (Phi) is 5.37. The molecule has 114 valence electrons. The first kappa shape index (κ1) is 15.8. The van der Waals surface area contributed by atoms with Gasteiger partial charge in [0.15, 0.2) is 0 Å². The molecule has 0 bridgehead atoms. The van der Waals surface area contributed by atoms with Gasteiger partial charge in [-0.2, -0.15) is 0 Å². The van der Waals surface area contributed by atoms with Crippen molar-refractivity contribution in [2.24, 2.45) is 0 Å². The third kappa shape index (κ3) is 3.76. The lowest BCUT2D eigenvalue weighted by atomic mass is 10.1. The van der Waals surface area contributed by atoms with Gasteiger partial charge >= 0.3 is 0 Å². The van der Waals surface area contributed by atoms with E-state index in [2.05, 4.69) is 4.98 Å². The van der Waals surface area contributed by atoms with Gasteiger partial charge in [-0.25, -0.2) is 0 Å². The minimum Gasteiger partial charge on any atom is -0.496 e. The van der Waals surface area contributed by atoms with Crippen LogP contribution in [0.3, 0.4) is 0 Å². The third-order valence-corrected chi connectivity index (χ3v) is 3.35. The van der Waals surface area contributed by atoms with Gasteiger partial charge in [0.2, 0.25) is 0 Å². The molecule has 22 heavy (non-hydrogen) atoms. The lowest BCUT2D eigenvalue weighted by Gasteiger charge is -2.10. The van der Waals surface area contributed by atoms with Gasteiger partial charge in [-0.15, -0.1) is 0 Å². The molecule has 2 rings (SSSR count). The molecule has 0 aliphatic rings. The van der Waals surface area contributed by atoms with Crippen molar-refractivity contribution in [3.8, 4) is 11.5 Å². The summed E-state index contributed by atoms with van der Waals surface area (Å²) in [6, 6.07) is 7.99. The van der Waals surface area contributed by atoms with Crippen molar-refractivity contribution in [2.45, 2.75) is 13.8 Å². The molecule has 0 aliphatic heterocycles. The van der Waals surface area contributed by atoms with Crippen LogP contribution in [0, 0.1) is 6.92 Å². The van der Waals surface area contributed by atoms with Gasteiger partial charge in [-0.3, -0.25) is 4.98 Å². The van der Waals surface area contributed by atoms with Crippen LogP contribution in [0.25, 0.3) is 18.2 Å². The molecule has 0 saturated heterocycles. The van der Waals surface area contributed by atoms with Crippen molar-refractivity contribution in [1.29, 1.82) is 0 Å². The van der Waals surface area contributed by atoms with E-state index in [4.69, 9.17) is 9.47 Å². The van der Waals surface area contributed by atoms with Gasteiger partial charge < -0.3 is 9.47 Å². The number of methoxy groups -OCH3 is 2. The molecule has 0 amide bonds. The summed E-state index contributed by atoms with van der Waals surface area (Å²) >= 11 is 0. The molecule has 1 heterocycles. The largest absolute Gasteiger partial charge is 0.496 e. The highest BCUT2D eigenvalue weighted by Crippen LogP contribution is 2.29. The molecule has 0 atom stereocenters. The Morgan fingerprint density at radius 1 is 0.955 bits per heavy atom. The number of nitrogens with zero attached hydrogens (tertiary/aromatic N) is 1. The van der Waals surface area contributed by atoms with Crippen LogP contribution in [0.2, 0.25) is 0 Å². The number of aryl methyl sites for hydroxylation is 1. The van der Waals surface area contributed by atoms with Crippen LogP contribution in [0.5, 0.6) is 11.5 Å². The van der Waals surface area contributed by atoms with Gasteiger partial charge in [0.25, 0.3) is 0 Å². The summed E-state index contributed by atoms with van der Waals surface area (Å²) < 4.78 is 10.8. The number of pyridine rings is 1. The molecule has 1 aromatic heterocycles. The average Bonchev–Trinajstić information content (AvgIpc) is 2.55. The van der Waals surface area contributed by atoms with E-state index in [1.54, 1.807) is 14.2 Å². The number of benzene rings is 1. The van der Waals surface area contributed by atoms with Crippen LogP contribution in [0.15, 0.2) is 36.5 Å². The second-order valence-corrected chi connectivity index (χ2v) is 4.91. The zero-order chi connectivity index (χ0) is 15.9. The lowest BCUT2D eigenvalue weighted by Crippen LogP contribution is -1.92. The van der Waals surface area contributed by atoms with E-state index < -0.39 is 0 Å². The minimum atomic E-state index is 0.827. The Morgan fingerprint density at radius 2 is 1.73 bits per heavy atom. The molecule has 0 aliphatic carbocycles. The SMILES string of the molecule is C/C=C/c1ccc(/C=C/c2cc(OC)c(C)cc2OC)cn1. The van der Waals surface area contributed by atoms with Gasteiger partial charge in [-0.1, -0.05) is 24.3 Å². The van der Waals surface area contributed by atoms with Crippen molar-refractivity contribution < 1.29 is 9.47 Å². The van der Waals surface area contributed by atoms with E-state index in [1.165, 1.54) is 0 Å². The molecule has 0 spiro atoms. The highest BCUT2D eigenvalue weighted by Gasteiger charge is 2.06. The highest BCUT2D eigenvalue weighted by molar-refractivity contribution is 5.73. The summed E-state index contributed by atoms with van der Waals surface area (Å²) in [5.74, 6) is 1.68. The minimum absolute atomic E-state index is 0.827. The smallest absolute Gasteiger partial charge is 0.126 e. The third-order valence-electron chi connectivity index (χ3n) is 3.35. The van der Waals surface area contributed by atoms with Crippen molar-refractivity contribution in [2.75, 3.05) is 14.2 Å². The first-order valence-corrected chi connectivity index (χ1v) is 7.17. The molecular weight excluding hydrogens is 274 g/mol. The quantitative estimate of drug-likeness (QED) is 0.807. The van der Waals surface area contributed by atoms with Crippen molar-refractivity contribution in [3.05, 3.63) is 58.9 Å². The normalized spacial score (nSPS) is 11.3. The number of hydrogen-bond acceptors (Lipinski definition) is 3. The van der Waals surface area contributed by atoms with Gasteiger partial charge in [0, 0.05) is 11.8 Å². The van der Waals surface area contributed by atoms with E-state index in [9.17, 15) is 0 Å². The van der Waals surface area contributed by atoms with Crippen LogP contribution in [-0.2, 0) is 0 Å². The first-order chi connectivity index (χ1) is 10.7. The summed E-state index contributed by atoms with van der Waals surface area (Å²) in [4.78, 5) is 4.38. The summed E-state index contributed by atoms with van der Waals surface area (Å²) in [5.41, 5.74) is 4.01. The van der Waals surface area contributed by atoms with Gasteiger partial charge in [0.05, 0.1) is 19.9 Å². The van der Waals surface area contributed by atoms with E-state index in [1.807, 2.05) is 68.6 Å². The summed E-state index contributed by atoms with van der Waals surface area (Å²) in [6.07, 6.45) is 9.82. The molecule has 0 radical (unpaired) electrons. The number of ether oxygens (including phenoxy) is 2. The maximum atomic E-state index is 5.43. The van der Waals surface area contributed by atoms with Crippen molar-refractivity contribution >= 4 is 18.2 Å². The van der Waals surface area contributed by atoms with Gasteiger partial charge in [0.1, 0.15) is 11.5 Å². The summed E-state index contributed by atoms with van der Waals surface area (Å²) in [7, 11) is 3.35. The van der Waals surface area contributed by atoms with E-state index in [0.717, 1.165) is 33.9 Å². The van der Waals surface area contributed by atoms with E-state index in [0.29, 0.717) is 0 Å². The average molecular weight is 295 g/mol. The molecule has 0 saturated carbocycles. The Balaban J connectivity index is 2.28. The second kappa shape index (κ2) is 7.46. The molecule has 0 N–H and O–H groups in total. The highest BCUT2D eigenvalue weighted by atomic mass is 16.5. The number of allylic oxidation sites excluding steroid dienone is 1. The standard InChI is InChI=1S/C19H21NO2/c1-5-6-17-10-8-15(13-20-17)7-9-16-12-18(21-3)14(2)11-19(16)22-4/h5-13H,1-4H3/b6-5+,9-7+. The van der Waals surface area contributed by atoms with Crippen LogP contribution < -0.4 is 9.47 Å². The van der Waals surface area contributed by atoms with Crippen LogP contribution in [0.4, 0.5) is 0 Å². The molecule has 0 unspecified atom stereocenters. The maximum Gasteiger partial charge on any atom is 0.126 e. The van der Waals surface area contributed by atoms with Crippen molar-refractivity contribution in [1.82, 2.24) is 4.98 Å². The Hall–Kier alpha value is -2.55. The predicted molar refractivity (Wildman–Crippen MR) is 92.2 cm³/mol. The zero-order valence-electron chi connectivity index (χ0n) is 13.5. The molecule has 0 fully saturated rings. The molecular formula is C19H21NO2. The van der Waals surface area contributed by atoms with Crippen LogP contribution in [-0.4, -0.2) is 19.2 Å². The fraction of sp³-hybridized carbons (Fsp3) is 0.211. The Labute approximate surface area is 131 Å². The van der Waals surface area contributed by atoms with Crippen LogP contribution in [0.1, 0.15) is 29.3 Å². The molecule has 2 aromatic rings. The summed E-state index contributed by atoms with van der Waals surface area (Å²) in [5, 5.41) is 0. The number of rotatable bonds is 5. The Bertz CT molecular complexity index is 685. The fourth-order valence-corrected chi connectivity index (χ4v) is 2.17. The predicted octanol–water partition coefficient (Wildman–Crippen LogP) is 4.61. The first-order valence-electron chi connectivity index (χ1n) is 7.17. The maximum absolute atomic E-state index is 5.43. The molecule has 1 aromatic carbocycles. The number of hydrogen-bond donors (Lipinski definition) is 0. The second-order valence-electron chi connectivity index (χ2n) is 4.91. The van der Waals surface area contributed by atoms with E-state index in [-0.39, 0.29) is 0 Å². The molecule has 3 heteroatoms. The fourth-order valence-electron chi connectivity index (χ4n) is 2.17.